The lowest BCUT2D eigenvalue weighted by Crippen LogP contribution is -2.08. The minimum absolute atomic E-state index is 0.0675. The maximum Gasteiger partial charge on any atom is 0.208 e. The standard InChI is InChI=1S/C16H10BrFN12/c17-11-13-23-5-24-14(11)28-8-2-10(22-4-20-8)30-16-12(18)15(25-6-26-16)29-9-1-7(27-13)19-3-21-9/h1-6H,(H4,19,20,21,22,23,24,25,26,27,28,29,30). The van der Waals surface area contributed by atoms with Gasteiger partial charge < -0.3 is 21.3 Å². The Morgan fingerprint density at radius 2 is 0.867 bits per heavy atom. The molecule has 0 saturated heterocycles. The van der Waals surface area contributed by atoms with Crippen LogP contribution in [0.25, 0.3) is 0 Å². The molecule has 0 aliphatic carbocycles. The summed E-state index contributed by atoms with van der Waals surface area (Å²) >= 11 is 3.48. The van der Waals surface area contributed by atoms with Crippen LogP contribution in [0.2, 0.25) is 0 Å². The number of nitrogens with one attached hydrogen (secondary N) is 4. The predicted octanol–water partition coefficient (Wildman–Crippen LogP) is 3.04. The Morgan fingerprint density at radius 1 is 0.533 bits per heavy atom. The number of hydrogen-bond acceptors (Lipinski definition) is 12. The highest BCUT2D eigenvalue weighted by atomic mass is 79.9. The van der Waals surface area contributed by atoms with Crippen LogP contribution in [0.1, 0.15) is 0 Å². The van der Waals surface area contributed by atoms with Gasteiger partial charge in [0.05, 0.1) is 0 Å². The van der Waals surface area contributed by atoms with Gasteiger partial charge >= 0.3 is 0 Å². The average molecular weight is 469 g/mol. The maximum absolute atomic E-state index is 14.9. The fourth-order valence-corrected chi connectivity index (χ4v) is 2.96. The van der Waals surface area contributed by atoms with Gasteiger partial charge in [-0.1, -0.05) is 0 Å². The minimum Gasteiger partial charge on any atom is -0.324 e. The molecular weight excluding hydrogens is 459 g/mol. The lowest BCUT2D eigenvalue weighted by Gasteiger charge is -2.14. The van der Waals surface area contributed by atoms with Crippen molar-refractivity contribution in [2.45, 2.75) is 0 Å². The van der Waals surface area contributed by atoms with Crippen LogP contribution >= 0.6 is 15.9 Å². The Morgan fingerprint density at radius 3 is 1.30 bits per heavy atom. The maximum atomic E-state index is 14.9. The second-order valence-electron chi connectivity index (χ2n) is 5.85. The van der Waals surface area contributed by atoms with Gasteiger partial charge in [-0.3, -0.25) is 0 Å². The third-order valence-corrected chi connectivity index (χ3v) is 4.65. The molecule has 12 nitrogen and oxygen atoms in total. The van der Waals surface area contributed by atoms with E-state index in [0.717, 1.165) is 0 Å². The average Bonchev–Trinajstić information content (AvgIpc) is 2.74. The molecule has 0 aromatic carbocycles. The summed E-state index contributed by atoms with van der Waals surface area (Å²) in [6.07, 6.45) is 5.23. The molecule has 8 bridgehead atoms. The normalized spacial score (nSPS) is 12.1. The van der Waals surface area contributed by atoms with Crippen LogP contribution < -0.4 is 21.3 Å². The Balaban J connectivity index is 1.65. The number of anilines is 8. The molecule has 0 amide bonds. The zero-order valence-corrected chi connectivity index (χ0v) is 16.4. The van der Waals surface area contributed by atoms with Gasteiger partial charge in [0, 0.05) is 12.1 Å². The molecule has 0 spiro atoms. The molecule has 4 aromatic rings. The van der Waals surface area contributed by atoms with Crippen LogP contribution in [0.15, 0.2) is 41.9 Å². The summed E-state index contributed by atoms with van der Waals surface area (Å²) < 4.78 is 15.5. The van der Waals surface area contributed by atoms with E-state index < -0.39 is 5.82 Å². The molecule has 0 atom stereocenters. The van der Waals surface area contributed by atoms with Gasteiger partial charge in [-0.25, -0.2) is 39.9 Å². The number of halogens is 2. The minimum atomic E-state index is -0.706. The van der Waals surface area contributed by atoms with E-state index in [4.69, 9.17) is 0 Å². The summed E-state index contributed by atoms with van der Waals surface area (Å²) in [5.74, 6) is 1.53. The highest BCUT2D eigenvalue weighted by molar-refractivity contribution is 9.10. The zero-order chi connectivity index (χ0) is 20.5. The van der Waals surface area contributed by atoms with Crippen molar-refractivity contribution in [3.63, 3.8) is 0 Å². The first-order valence-electron chi connectivity index (χ1n) is 8.39. The second-order valence-corrected chi connectivity index (χ2v) is 6.64. The van der Waals surface area contributed by atoms with Crippen molar-refractivity contribution < 1.29 is 4.39 Å². The Bertz CT molecular complexity index is 1080. The number of rotatable bonds is 0. The van der Waals surface area contributed by atoms with Crippen molar-refractivity contribution in [3.8, 4) is 0 Å². The highest BCUT2D eigenvalue weighted by Gasteiger charge is 2.16. The summed E-state index contributed by atoms with van der Waals surface area (Å²) in [4.78, 5) is 32.8. The fraction of sp³-hybridized carbons (Fsp3) is 0. The third kappa shape index (κ3) is 3.50. The van der Waals surface area contributed by atoms with Gasteiger partial charge in [0.15, 0.2) is 23.3 Å². The summed E-state index contributed by atoms with van der Waals surface area (Å²) in [5.41, 5.74) is 0. The molecule has 14 heteroatoms. The molecule has 1 aliphatic rings. The van der Waals surface area contributed by atoms with Crippen molar-refractivity contribution >= 4 is 62.5 Å². The van der Waals surface area contributed by atoms with Gasteiger partial charge in [-0.05, 0) is 15.9 Å². The van der Waals surface area contributed by atoms with Crippen molar-refractivity contribution in [1.29, 1.82) is 0 Å². The quantitative estimate of drug-likeness (QED) is 0.264. The Labute approximate surface area is 176 Å². The van der Waals surface area contributed by atoms with Crippen LogP contribution in [0.5, 0.6) is 0 Å². The van der Waals surface area contributed by atoms with Gasteiger partial charge in [0.1, 0.15) is 53.1 Å². The number of aromatic nitrogens is 8. The first kappa shape index (κ1) is 18.0. The van der Waals surface area contributed by atoms with E-state index in [0.29, 0.717) is 39.4 Å². The van der Waals surface area contributed by atoms with E-state index in [9.17, 15) is 4.39 Å². The van der Waals surface area contributed by atoms with Crippen molar-refractivity contribution in [1.82, 2.24) is 39.9 Å². The highest BCUT2D eigenvalue weighted by Crippen LogP contribution is 2.31. The SMILES string of the molecule is Fc1c2ncnc1Nc1cc(ncn1)Nc1ncnc(c1Br)Nc1cc(ncn1)N2. The molecule has 0 radical (unpaired) electrons. The molecule has 0 unspecified atom stereocenters. The van der Waals surface area contributed by atoms with Crippen molar-refractivity contribution in [3.05, 3.63) is 47.7 Å². The summed E-state index contributed by atoms with van der Waals surface area (Å²) in [7, 11) is 0. The predicted molar refractivity (Wildman–Crippen MR) is 109 cm³/mol. The topological polar surface area (TPSA) is 151 Å². The molecule has 0 fully saturated rings. The summed E-state index contributed by atoms with van der Waals surface area (Å²) in [6, 6.07) is 3.15. The molecule has 4 N–H and O–H groups in total. The number of fused-ring (bicyclic) bond motifs is 8. The van der Waals surface area contributed by atoms with Gasteiger partial charge in [-0.2, -0.15) is 4.39 Å². The largest absolute Gasteiger partial charge is 0.324 e. The van der Waals surface area contributed by atoms with Crippen LogP contribution in [0, 0.1) is 5.82 Å². The molecular formula is C16H10BrFN12. The molecule has 5 heterocycles. The van der Waals surface area contributed by atoms with E-state index in [-0.39, 0.29) is 11.6 Å². The van der Waals surface area contributed by atoms with Gasteiger partial charge in [0.2, 0.25) is 5.82 Å². The van der Waals surface area contributed by atoms with Gasteiger partial charge in [0.25, 0.3) is 0 Å². The zero-order valence-electron chi connectivity index (χ0n) is 14.8. The Hall–Kier alpha value is -4.07. The number of nitrogens with zero attached hydrogens (tertiary/aromatic N) is 8. The fourth-order valence-electron chi connectivity index (χ4n) is 2.56. The van der Waals surface area contributed by atoms with Crippen LogP contribution in [-0.4, -0.2) is 39.9 Å². The summed E-state index contributed by atoms with van der Waals surface area (Å²) in [6.45, 7) is 0. The smallest absolute Gasteiger partial charge is 0.208 e. The summed E-state index contributed by atoms with van der Waals surface area (Å²) in [5, 5.41) is 11.8. The lowest BCUT2D eigenvalue weighted by atomic mass is 10.4. The van der Waals surface area contributed by atoms with Gasteiger partial charge in [-0.15, -0.1) is 0 Å². The van der Waals surface area contributed by atoms with E-state index in [2.05, 4.69) is 77.1 Å². The lowest BCUT2D eigenvalue weighted by molar-refractivity contribution is 0.623. The third-order valence-electron chi connectivity index (χ3n) is 3.90. The molecule has 30 heavy (non-hydrogen) atoms. The van der Waals surface area contributed by atoms with E-state index in [1.54, 1.807) is 12.1 Å². The van der Waals surface area contributed by atoms with E-state index in [1.165, 1.54) is 25.3 Å². The molecule has 148 valence electrons. The first-order valence-corrected chi connectivity index (χ1v) is 9.18. The monoisotopic (exact) mass is 468 g/mol. The van der Waals surface area contributed by atoms with E-state index in [1.807, 2.05) is 0 Å². The van der Waals surface area contributed by atoms with Crippen LogP contribution in [0.4, 0.5) is 50.9 Å². The molecule has 1 aliphatic heterocycles. The van der Waals surface area contributed by atoms with E-state index >= 15 is 0 Å². The Kier molecular flexibility index (Phi) is 4.44. The van der Waals surface area contributed by atoms with Crippen LogP contribution in [0.3, 0.4) is 0 Å². The molecule has 5 rings (SSSR count). The van der Waals surface area contributed by atoms with Crippen molar-refractivity contribution in [2.75, 3.05) is 21.3 Å². The molecule has 0 saturated carbocycles. The van der Waals surface area contributed by atoms with Crippen molar-refractivity contribution in [2.24, 2.45) is 0 Å². The second kappa shape index (κ2) is 7.40. The first-order chi connectivity index (χ1) is 14.7. The van der Waals surface area contributed by atoms with Crippen LogP contribution in [-0.2, 0) is 0 Å². The molecule has 4 aromatic heterocycles. The number of hydrogen-bond donors (Lipinski definition) is 4.